The first kappa shape index (κ1) is 25.4. The Hall–Kier alpha value is -3.73. The van der Waals surface area contributed by atoms with Gasteiger partial charge in [-0.05, 0) is 59.2 Å². The Morgan fingerprint density at radius 2 is 1.97 bits per heavy atom. The summed E-state index contributed by atoms with van der Waals surface area (Å²) in [5.74, 6) is 1.28. The molecule has 0 aliphatic rings. The fourth-order valence-electron chi connectivity index (χ4n) is 3.48. The zero-order chi connectivity index (χ0) is 25.9. The number of carbonyl (C=O) groups excluding carboxylic acids is 1. The van der Waals surface area contributed by atoms with Crippen molar-refractivity contribution >= 4 is 44.8 Å². The second-order valence-corrected chi connectivity index (χ2v) is 10.5. The Balaban J connectivity index is 1.57. The standard InChI is InChI=1S/C25H31N7O3S/c1-7-17(30-24(33)35-25(4,5)6)23-32-31-22(34-23)16-12-26-21(11-19(16)28-14(2)3)29-15-8-9-18-20(10-15)36-13-27-18/h8-14,17H,7H2,1-6H3,(H,30,33)(H2,26,28,29). The molecule has 0 fully saturated rings. The van der Waals surface area contributed by atoms with E-state index < -0.39 is 17.7 Å². The van der Waals surface area contributed by atoms with Crippen molar-refractivity contribution < 1.29 is 13.9 Å². The molecule has 3 aromatic heterocycles. The third-order valence-electron chi connectivity index (χ3n) is 5.02. The van der Waals surface area contributed by atoms with Crippen molar-refractivity contribution in [2.24, 2.45) is 0 Å². The number of fused-ring (bicyclic) bond motifs is 1. The maximum atomic E-state index is 12.2. The van der Waals surface area contributed by atoms with Crippen LogP contribution >= 0.6 is 11.3 Å². The van der Waals surface area contributed by atoms with Gasteiger partial charge in [0.1, 0.15) is 17.5 Å². The van der Waals surface area contributed by atoms with Crippen molar-refractivity contribution in [1.29, 1.82) is 0 Å². The molecule has 190 valence electrons. The quantitative estimate of drug-likeness (QED) is 0.251. The maximum absolute atomic E-state index is 12.2. The minimum absolute atomic E-state index is 0.159. The second-order valence-electron chi connectivity index (χ2n) is 9.63. The highest BCUT2D eigenvalue weighted by atomic mass is 32.1. The highest BCUT2D eigenvalue weighted by Gasteiger charge is 2.24. The van der Waals surface area contributed by atoms with Crippen LogP contribution in [-0.2, 0) is 4.74 Å². The van der Waals surface area contributed by atoms with Crippen molar-refractivity contribution in [3.63, 3.8) is 0 Å². The third-order valence-corrected chi connectivity index (χ3v) is 5.81. The summed E-state index contributed by atoms with van der Waals surface area (Å²) in [4.78, 5) is 21.1. The van der Waals surface area contributed by atoms with E-state index in [4.69, 9.17) is 9.15 Å². The molecule has 3 heterocycles. The van der Waals surface area contributed by atoms with Gasteiger partial charge in [0.2, 0.25) is 5.89 Å². The van der Waals surface area contributed by atoms with E-state index in [9.17, 15) is 4.79 Å². The van der Waals surface area contributed by atoms with Gasteiger partial charge in [0.05, 0.1) is 27.0 Å². The van der Waals surface area contributed by atoms with E-state index in [1.165, 1.54) is 0 Å². The first-order valence-electron chi connectivity index (χ1n) is 11.8. The van der Waals surface area contributed by atoms with Crippen molar-refractivity contribution in [2.75, 3.05) is 10.6 Å². The lowest BCUT2D eigenvalue weighted by Crippen LogP contribution is -2.34. The highest BCUT2D eigenvalue weighted by Crippen LogP contribution is 2.32. The molecule has 1 atom stereocenters. The Labute approximate surface area is 213 Å². The van der Waals surface area contributed by atoms with Crippen LogP contribution in [0.25, 0.3) is 21.7 Å². The van der Waals surface area contributed by atoms with Crippen molar-refractivity contribution in [3.05, 3.63) is 41.9 Å². The third kappa shape index (κ3) is 6.28. The van der Waals surface area contributed by atoms with E-state index in [2.05, 4.69) is 36.1 Å². The highest BCUT2D eigenvalue weighted by molar-refractivity contribution is 7.16. The predicted molar refractivity (Wildman–Crippen MR) is 142 cm³/mol. The Morgan fingerprint density at radius 3 is 2.69 bits per heavy atom. The summed E-state index contributed by atoms with van der Waals surface area (Å²) in [7, 11) is 0. The summed E-state index contributed by atoms with van der Waals surface area (Å²) in [6.07, 6.45) is 1.71. The van der Waals surface area contributed by atoms with Gasteiger partial charge in [-0.2, -0.15) is 0 Å². The Morgan fingerprint density at radius 1 is 1.17 bits per heavy atom. The molecule has 0 saturated heterocycles. The zero-order valence-electron chi connectivity index (χ0n) is 21.2. The van der Waals surface area contributed by atoms with Crippen LogP contribution in [-0.4, -0.2) is 37.9 Å². The normalized spacial score (nSPS) is 12.5. The number of rotatable bonds is 8. The minimum atomic E-state index is -0.604. The first-order valence-corrected chi connectivity index (χ1v) is 12.7. The molecule has 1 amide bonds. The van der Waals surface area contributed by atoms with Gasteiger partial charge in [0.15, 0.2) is 0 Å². The monoisotopic (exact) mass is 509 g/mol. The van der Waals surface area contributed by atoms with Crippen LogP contribution in [0.15, 0.2) is 40.4 Å². The molecule has 4 rings (SSSR count). The number of hydrogen-bond acceptors (Lipinski definition) is 10. The minimum Gasteiger partial charge on any atom is -0.444 e. The zero-order valence-corrected chi connectivity index (χ0v) is 22.1. The fourth-order valence-corrected chi connectivity index (χ4v) is 4.19. The molecule has 0 saturated carbocycles. The average Bonchev–Trinajstić information content (AvgIpc) is 3.45. The number of amides is 1. The van der Waals surface area contributed by atoms with Crippen LogP contribution in [0.4, 0.5) is 22.0 Å². The van der Waals surface area contributed by atoms with E-state index >= 15 is 0 Å². The molecule has 0 aliphatic carbocycles. The van der Waals surface area contributed by atoms with Crippen LogP contribution in [0.5, 0.6) is 0 Å². The number of hydrogen-bond donors (Lipinski definition) is 3. The van der Waals surface area contributed by atoms with Gasteiger partial charge < -0.3 is 25.1 Å². The summed E-state index contributed by atoms with van der Waals surface area (Å²) < 4.78 is 12.4. The van der Waals surface area contributed by atoms with E-state index in [-0.39, 0.29) is 6.04 Å². The fraction of sp³-hybridized carbons (Fsp3) is 0.400. The van der Waals surface area contributed by atoms with Crippen molar-refractivity contribution in [3.8, 4) is 11.5 Å². The molecule has 0 spiro atoms. The van der Waals surface area contributed by atoms with Crippen molar-refractivity contribution in [1.82, 2.24) is 25.5 Å². The van der Waals surface area contributed by atoms with Crippen LogP contribution in [0, 0.1) is 0 Å². The van der Waals surface area contributed by atoms with Crippen LogP contribution < -0.4 is 16.0 Å². The van der Waals surface area contributed by atoms with E-state index in [1.54, 1.807) is 17.5 Å². The van der Waals surface area contributed by atoms with Crippen LogP contribution in [0.2, 0.25) is 0 Å². The lowest BCUT2D eigenvalue weighted by molar-refractivity contribution is 0.0494. The van der Waals surface area contributed by atoms with E-state index in [0.29, 0.717) is 29.6 Å². The number of carbonyl (C=O) groups is 1. The predicted octanol–water partition coefficient (Wildman–Crippen LogP) is 6.28. The van der Waals surface area contributed by atoms with Gasteiger partial charge in [-0.1, -0.05) is 6.92 Å². The van der Waals surface area contributed by atoms with Gasteiger partial charge in [0, 0.05) is 24.0 Å². The molecule has 0 bridgehead atoms. The molecule has 1 unspecified atom stereocenters. The molecular weight excluding hydrogens is 478 g/mol. The number of alkyl carbamates (subject to hydrolysis) is 1. The lowest BCUT2D eigenvalue weighted by atomic mass is 10.2. The number of anilines is 3. The maximum Gasteiger partial charge on any atom is 0.408 e. The largest absolute Gasteiger partial charge is 0.444 e. The van der Waals surface area contributed by atoms with Gasteiger partial charge in [0.25, 0.3) is 5.89 Å². The van der Waals surface area contributed by atoms with E-state index in [1.807, 2.05) is 71.3 Å². The number of ether oxygens (including phenoxy) is 1. The molecule has 1 aromatic carbocycles. The molecular formula is C25H31N7O3S. The molecule has 4 aromatic rings. The van der Waals surface area contributed by atoms with Gasteiger partial charge >= 0.3 is 6.09 Å². The summed E-state index contributed by atoms with van der Waals surface area (Å²) in [6, 6.07) is 7.59. The van der Waals surface area contributed by atoms with Crippen LogP contribution in [0.1, 0.15) is 59.9 Å². The summed E-state index contributed by atoms with van der Waals surface area (Å²) in [6.45, 7) is 11.4. The van der Waals surface area contributed by atoms with Crippen molar-refractivity contribution in [2.45, 2.75) is 65.6 Å². The summed E-state index contributed by atoms with van der Waals surface area (Å²) in [5.41, 5.74) is 4.57. The summed E-state index contributed by atoms with van der Waals surface area (Å²) >= 11 is 1.59. The Bertz CT molecular complexity index is 1340. The smallest absolute Gasteiger partial charge is 0.408 e. The second kappa shape index (κ2) is 10.5. The number of thiazole rings is 1. The topological polar surface area (TPSA) is 127 Å². The lowest BCUT2D eigenvalue weighted by Gasteiger charge is -2.21. The first-order chi connectivity index (χ1) is 17.1. The molecule has 10 nitrogen and oxygen atoms in total. The molecule has 11 heteroatoms. The molecule has 0 radical (unpaired) electrons. The van der Waals surface area contributed by atoms with Crippen LogP contribution in [0.3, 0.4) is 0 Å². The summed E-state index contributed by atoms with van der Waals surface area (Å²) in [5, 5.41) is 18.0. The Kier molecular flexibility index (Phi) is 7.39. The molecule has 3 N–H and O–H groups in total. The van der Waals surface area contributed by atoms with Gasteiger partial charge in [-0.15, -0.1) is 21.5 Å². The number of pyridine rings is 1. The number of aromatic nitrogens is 4. The van der Waals surface area contributed by atoms with Gasteiger partial charge in [-0.3, -0.25) is 0 Å². The van der Waals surface area contributed by atoms with Gasteiger partial charge in [-0.25, -0.2) is 14.8 Å². The molecule has 36 heavy (non-hydrogen) atoms. The number of benzene rings is 1. The SMILES string of the molecule is CCC(NC(=O)OC(C)(C)C)c1nnc(-c2cnc(Nc3ccc4ncsc4c3)cc2NC(C)C)o1. The van der Waals surface area contributed by atoms with E-state index in [0.717, 1.165) is 21.6 Å². The molecule has 0 aliphatic heterocycles. The number of nitrogens with zero attached hydrogens (tertiary/aromatic N) is 4. The number of nitrogens with one attached hydrogen (secondary N) is 3. The average molecular weight is 510 g/mol.